The predicted octanol–water partition coefficient (Wildman–Crippen LogP) is 0.265. The first kappa shape index (κ1) is 17.2. The van der Waals surface area contributed by atoms with Gasteiger partial charge in [0.15, 0.2) is 0 Å². The maximum absolute atomic E-state index is 11.4. The van der Waals surface area contributed by atoms with Gasteiger partial charge in [-0.25, -0.2) is 4.79 Å². The average Bonchev–Trinajstić information content (AvgIpc) is 2.39. The molecule has 110 valence electrons. The highest BCUT2D eigenvalue weighted by molar-refractivity contribution is 5.84. The van der Waals surface area contributed by atoms with E-state index in [0.717, 1.165) is 6.42 Å². The number of hydrogen-bond acceptors (Lipinski definition) is 3. The van der Waals surface area contributed by atoms with E-state index in [-0.39, 0.29) is 19.0 Å². The molecule has 0 radical (unpaired) electrons. The molecule has 1 unspecified atom stereocenters. The van der Waals surface area contributed by atoms with Crippen molar-refractivity contribution < 1.29 is 19.5 Å². The monoisotopic (exact) mass is 273 g/mol. The van der Waals surface area contributed by atoms with Gasteiger partial charge in [-0.15, -0.1) is 0 Å². The van der Waals surface area contributed by atoms with Gasteiger partial charge in [-0.2, -0.15) is 0 Å². The average molecular weight is 273 g/mol. The Kier molecular flexibility index (Phi) is 8.32. The Morgan fingerprint density at radius 3 is 2.32 bits per heavy atom. The van der Waals surface area contributed by atoms with Crippen LogP contribution in [-0.2, 0) is 9.59 Å². The van der Waals surface area contributed by atoms with Crippen LogP contribution in [0.15, 0.2) is 0 Å². The van der Waals surface area contributed by atoms with Gasteiger partial charge in [0, 0.05) is 20.1 Å². The van der Waals surface area contributed by atoms with Gasteiger partial charge < -0.3 is 20.6 Å². The Balaban J connectivity index is 3.98. The number of amides is 3. The summed E-state index contributed by atoms with van der Waals surface area (Å²) in [6, 6.07) is -0.528. The van der Waals surface area contributed by atoms with Gasteiger partial charge in [-0.05, 0) is 13.3 Å². The van der Waals surface area contributed by atoms with Crippen LogP contribution < -0.4 is 10.6 Å². The molecule has 19 heavy (non-hydrogen) atoms. The molecule has 0 fully saturated rings. The number of rotatable bonds is 8. The van der Waals surface area contributed by atoms with Crippen molar-refractivity contribution in [2.75, 3.05) is 26.7 Å². The van der Waals surface area contributed by atoms with Gasteiger partial charge in [0.25, 0.3) is 0 Å². The quantitative estimate of drug-likeness (QED) is 0.591. The Hall–Kier alpha value is -1.79. The minimum Gasteiger partial charge on any atom is -0.481 e. The van der Waals surface area contributed by atoms with E-state index < -0.39 is 17.9 Å². The summed E-state index contributed by atoms with van der Waals surface area (Å²) >= 11 is 0. The van der Waals surface area contributed by atoms with Gasteiger partial charge in [0.05, 0.1) is 12.5 Å². The fraction of sp³-hybridized carbons (Fsp3) is 0.750. The standard InChI is InChI=1S/C12H23N3O4/c1-4-6-9(11(17)18)7-13-12(19)14-8-10(16)15(3)5-2/h9H,4-8H2,1-3H3,(H,17,18)(H2,13,14,19). The molecule has 0 aliphatic rings. The zero-order chi connectivity index (χ0) is 14.8. The van der Waals surface area contributed by atoms with Crippen LogP contribution in [0.1, 0.15) is 26.7 Å². The van der Waals surface area contributed by atoms with E-state index in [0.29, 0.717) is 13.0 Å². The van der Waals surface area contributed by atoms with Gasteiger partial charge in [-0.3, -0.25) is 9.59 Å². The summed E-state index contributed by atoms with van der Waals surface area (Å²) in [5, 5.41) is 13.8. The van der Waals surface area contributed by atoms with Crippen LogP contribution in [0.2, 0.25) is 0 Å². The summed E-state index contributed by atoms with van der Waals surface area (Å²) in [4.78, 5) is 35.2. The van der Waals surface area contributed by atoms with Crippen molar-refractivity contribution in [1.29, 1.82) is 0 Å². The molecule has 7 heteroatoms. The van der Waals surface area contributed by atoms with Crippen LogP contribution >= 0.6 is 0 Å². The summed E-state index contributed by atoms with van der Waals surface area (Å²) < 4.78 is 0. The number of hydrogen-bond donors (Lipinski definition) is 3. The number of aliphatic carboxylic acids is 1. The number of urea groups is 1. The lowest BCUT2D eigenvalue weighted by Gasteiger charge is -2.16. The minimum absolute atomic E-state index is 0.0623. The van der Waals surface area contributed by atoms with Crippen LogP contribution in [0.5, 0.6) is 0 Å². The number of carbonyl (C=O) groups excluding carboxylic acids is 2. The molecule has 3 amide bonds. The molecule has 0 spiro atoms. The smallest absolute Gasteiger partial charge is 0.315 e. The van der Waals surface area contributed by atoms with Crippen molar-refractivity contribution in [3.05, 3.63) is 0 Å². The number of carbonyl (C=O) groups is 3. The first-order valence-corrected chi connectivity index (χ1v) is 6.40. The third-order valence-corrected chi connectivity index (χ3v) is 2.80. The Morgan fingerprint density at radius 2 is 1.84 bits per heavy atom. The van der Waals surface area contributed by atoms with E-state index in [1.807, 2.05) is 13.8 Å². The first-order valence-electron chi connectivity index (χ1n) is 6.40. The maximum atomic E-state index is 11.4. The van der Waals surface area contributed by atoms with E-state index in [4.69, 9.17) is 5.11 Å². The molecule has 0 aromatic rings. The highest BCUT2D eigenvalue weighted by atomic mass is 16.4. The molecule has 0 aromatic heterocycles. The third-order valence-electron chi connectivity index (χ3n) is 2.80. The van der Waals surface area contributed by atoms with E-state index in [1.54, 1.807) is 7.05 Å². The molecule has 0 saturated heterocycles. The molecule has 0 bridgehead atoms. The lowest BCUT2D eigenvalue weighted by Crippen LogP contribution is -2.44. The zero-order valence-corrected chi connectivity index (χ0v) is 11.7. The number of likely N-dealkylation sites (N-methyl/N-ethyl adjacent to an activating group) is 1. The zero-order valence-electron chi connectivity index (χ0n) is 11.7. The number of nitrogens with zero attached hydrogens (tertiary/aromatic N) is 1. The maximum Gasteiger partial charge on any atom is 0.315 e. The van der Waals surface area contributed by atoms with E-state index in [2.05, 4.69) is 10.6 Å². The van der Waals surface area contributed by atoms with Gasteiger partial charge in [-0.1, -0.05) is 13.3 Å². The van der Waals surface area contributed by atoms with Crippen molar-refractivity contribution >= 4 is 17.9 Å². The van der Waals surface area contributed by atoms with Gasteiger partial charge in [0.1, 0.15) is 0 Å². The van der Waals surface area contributed by atoms with Crippen LogP contribution in [0, 0.1) is 5.92 Å². The van der Waals surface area contributed by atoms with E-state index in [9.17, 15) is 14.4 Å². The summed E-state index contributed by atoms with van der Waals surface area (Å²) in [6.45, 7) is 4.25. The van der Waals surface area contributed by atoms with E-state index in [1.165, 1.54) is 4.90 Å². The van der Waals surface area contributed by atoms with Crippen LogP contribution in [-0.4, -0.2) is 54.6 Å². The molecule has 0 rings (SSSR count). The second kappa shape index (κ2) is 9.18. The highest BCUT2D eigenvalue weighted by Gasteiger charge is 2.17. The van der Waals surface area contributed by atoms with Gasteiger partial charge in [0.2, 0.25) is 5.91 Å². The van der Waals surface area contributed by atoms with Crippen molar-refractivity contribution in [2.45, 2.75) is 26.7 Å². The summed E-state index contributed by atoms with van der Waals surface area (Å²) in [5.41, 5.74) is 0. The van der Waals surface area contributed by atoms with Crippen molar-refractivity contribution in [3.63, 3.8) is 0 Å². The summed E-state index contributed by atoms with van der Waals surface area (Å²) in [7, 11) is 1.64. The number of carboxylic acids is 1. The van der Waals surface area contributed by atoms with Crippen molar-refractivity contribution in [1.82, 2.24) is 15.5 Å². The third kappa shape index (κ3) is 7.28. The van der Waals surface area contributed by atoms with Gasteiger partial charge >= 0.3 is 12.0 Å². The molecular weight excluding hydrogens is 250 g/mol. The Morgan fingerprint density at radius 1 is 1.21 bits per heavy atom. The summed E-state index contributed by atoms with van der Waals surface area (Å²) in [5.74, 6) is -1.71. The fourth-order valence-electron chi connectivity index (χ4n) is 1.41. The molecule has 0 aromatic carbocycles. The minimum atomic E-state index is -0.927. The molecule has 1 atom stereocenters. The first-order chi connectivity index (χ1) is 8.92. The number of nitrogens with one attached hydrogen (secondary N) is 2. The molecule has 0 saturated carbocycles. The van der Waals surface area contributed by atoms with Crippen LogP contribution in [0.25, 0.3) is 0 Å². The molecule has 3 N–H and O–H groups in total. The van der Waals surface area contributed by atoms with E-state index >= 15 is 0 Å². The second-order valence-corrected chi connectivity index (χ2v) is 4.30. The molecule has 0 aliphatic heterocycles. The second-order valence-electron chi connectivity index (χ2n) is 4.30. The normalized spacial score (nSPS) is 11.5. The SMILES string of the molecule is CCCC(CNC(=O)NCC(=O)N(C)CC)C(=O)O. The fourth-order valence-corrected chi connectivity index (χ4v) is 1.41. The molecule has 0 heterocycles. The van der Waals surface area contributed by atoms with Crippen LogP contribution in [0.4, 0.5) is 4.79 Å². The molecular formula is C12H23N3O4. The largest absolute Gasteiger partial charge is 0.481 e. The van der Waals surface area contributed by atoms with Crippen molar-refractivity contribution in [3.8, 4) is 0 Å². The topological polar surface area (TPSA) is 98.7 Å². The lowest BCUT2D eigenvalue weighted by molar-refractivity contribution is -0.141. The number of carboxylic acid groups (broad SMARTS) is 1. The molecule has 0 aliphatic carbocycles. The molecule has 7 nitrogen and oxygen atoms in total. The Bertz CT molecular complexity index is 320. The van der Waals surface area contributed by atoms with Crippen LogP contribution in [0.3, 0.4) is 0 Å². The highest BCUT2D eigenvalue weighted by Crippen LogP contribution is 2.04. The Labute approximate surface area is 113 Å². The lowest BCUT2D eigenvalue weighted by atomic mass is 10.0. The summed E-state index contributed by atoms with van der Waals surface area (Å²) in [6.07, 6.45) is 1.24. The van der Waals surface area contributed by atoms with Crippen molar-refractivity contribution in [2.24, 2.45) is 5.92 Å². The predicted molar refractivity (Wildman–Crippen MR) is 70.7 cm³/mol.